The van der Waals surface area contributed by atoms with Crippen LogP contribution in [0.3, 0.4) is 0 Å². The van der Waals surface area contributed by atoms with Crippen molar-refractivity contribution >= 4 is 18.1 Å². The molecule has 133 valence electrons. The van der Waals surface area contributed by atoms with Crippen molar-refractivity contribution < 1.29 is 30.0 Å². The standard InChI is InChI=1S/C15H12N.C6H5NO2.Ir/c1-2-7-13(8-3-1)15-14-9-5-4-6-12(14)10-11-16-15;8-6(9)5-3-1-2-4-7-5;/h1-3,6-7,9-11H,4-5H2;1-4H,(H,8,9);/q-1;;. The Bertz CT molecular complexity index is 974. The van der Waals surface area contributed by atoms with Crippen molar-refractivity contribution in [1.82, 2.24) is 9.97 Å². The van der Waals surface area contributed by atoms with E-state index in [1.165, 1.54) is 22.7 Å². The topological polar surface area (TPSA) is 63.1 Å². The zero-order valence-corrected chi connectivity index (χ0v) is 16.3. The Labute approximate surface area is 165 Å². The number of hydrogen-bond acceptors (Lipinski definition) is 3. The van der Waals surface area contributed by atoms with E-state index < -0.39 is 5.97 Å². The quantitative estimate of drug-likeness (QED) is 0.527. The Balaban J connectivity index is 0.000000210. The normalized spacial score (nSPS) is 11.4. The third-order valence-corrected chi connectivity index (χ3v) is 3.75. The molecule has 4 rings (SSSR count). The van der Waals surface area contributed by atoms with Crippen molar-refractivity contribution in [3.05, 3.63) is 83.1 Å². The summed E-state index contributed by atoms with van der Waals surface area (Å²) in [4.78, 5) is 18.2. The van der Waals surface area contributed by atoms with E-state index in [0.29, 0.717) is 0 Å². The Hall–Kier alpha value is -2.62. The van der Waals surface area contributed by atoms with Gasteiger partial charge in [0, 0.05) is 32.5 Å². The largest absolute Gasteiger partial charge is 0.477 e. The van der Waals surface area contributed by atoms with Gasteiger partial charge in [-0.3, -0.25) is 0 Å². The molecule has 0 atom stereocenters. The first kappa shape index (κ1) is 19.7. The van der Waals surface area contributed by atoms with E-state index in [4.69, 9.17) is 5.11 Å². The van der Waals surface area contributed by atoms with Gasteiger partial charge in [0.25, 0.3) is 0 Å². The van der Waals surface area contributed by atoms with Gasteiger partial charge in [0.15, 0.2) is 0 Å². The van der Waals surface area contributed by atoms with E-state index in [1.54, 1.807) is 12.1 Å². The monoisotopic (exact) mass is 522 g/mol. The number of aromatic nitrogens is 2. The van der Waals surface area contributed by atoms with Crippen LogP contribution in [0.2, 0.25) is 0 Å². The number of rotatable bonds is 2. The molecule has 1 aliphatic rings. The second kappa shape index (κ2) is 9.76. The summed E-state index contributed by atoms with van der Waals surface area (Å²) in [5.41, 5.74) is 2.21. The van der Waals surface area contributed by atoms with Crippen molar-refractivity contribution in [2.75, 3.05) is 0 Å². The first-order chi connectivity index (χ1) is 12.3. The Kier molecular flexibility index (Phi) is 7.39. The van der Waals surface area contributed by atoms with Gasteiger partial charge in [-0.05, 0) is 47.2 Å². The van der Waals surface area contributed by atoms with Gasteiger partial charge < -0.3 is 10.1 Å². The second-order valence-corrected chi connectivity index (χ2v) is 5.44. The molecule has 1 radical (unpaired) electrons. The number of nitrogens with zero attached hydrogens (tertiary/aromatic N) is 2. The first-order valence-corrected chi connectivity index (χ1v) is 8.02. The van der Waals surface area contributed by atoms with Gasteiger partial charge in [-0.25, -0.2) is 9.78 Å². The molecule has 0 fully saturated rings. The molecule has 1 aromatic carbocycles. The number of benzene rings is 1. The summed E-state index contributed by atoms with van der Waals surface area (Å²) in [7, 11) is 0. The SMILES string of the molecule is O=C(O)c1ccccn1.[Ir].[c-]1ccccc1-c1nccc2c1=CCCC=2. The van der Waals surface area contributed by atoms with Gasteiger partial charge in [0.05, 0.1) is 0 Å². The van der Waals surface area contributed by atoms with Crippen molar-refractivity contribution in [2.24, 2.45) is 0 Å². The van der Waals surface area contributed by atoms with Crippen LogP contribution < -0.4 is 10.4 Å². The van der Waals surface area contributed by atoms with Crippen LogP contribution in [0.1, 0.15) is 23.3 Å². The van der Waals surface area contributed by atoms with Crippen molar-refractivity contribution in [3.8, 4) is 11.3 Å². The fraction of sp³-hybridized carbons (Fsp3) is 0.0952. The minimum Gasteiger partial charge on any atom is -0.477 e. The zero-order chi connectivity index (χ0) is 17.5. The van der Waals surface area contributed by atoms with Gasteiger partial charge in [-0.1, -0.05) is 18.2 Å². The Morgan fingerprint density at radius 2 is 1.77 bits per heavy atom. The molecule has 0 bridgehead atoms. The number of hydrogen-bond donors (Lipinski definition) is 1. The maximum absolute atomic E-state index is 10.1. The van der Waals surface area contributed by atoms with Crippen LogP contribution in [0.5, 0.6) is 0 Å². The summed E-state index contributed by atoms with van der Waals surface area (Å²) in [6, 6.07) is 18.1. The molecular formula is C21H17IrN2O2-. The molecule has 0 spiro atoms. The zero-order valence-electron chi connectivity index (χ0n) is 13.9. The van der Waals surface area contributed by atoms with E-state index in [1.807, 2.05) is 24.4 Å². The summed E-state index contributed by atoms with van der Waals surface area (Å²) < 4.78 is 0. The molecule has 2 heterocycles. The maximum Gasteiger partial charge on any atom is 0.354 e. The van der Waals surface area contributed by atoms with E-state index in [9.17, 15) is 4.79 Å². The third-order valence-electron chi connectivity index (χ3n) is 3.75. The minimum atomic E-state index is -0.990. The Morgan fingerprint density at radius 1 is 0.962 bits per heavy atom. The van der Waals surface area contributed by atoms with Gasteiger partial charge in [-0.2, -0.15) is 0 Å². The number of carboxylic acids is 1. The molecule has 0 saturated heterocycles. The van der Waals surface area contributed by atoms with Crippen molar-refractivity contribution in [3.63, 3.8) is 0 Å². The predicted octanol–water partition coefficient (Wildman–Crippen LogP) is 2.68. The summed E-state index contributed by atoms with van der Waals surface area (Å²) in [6.07, 6.45) is 10.1. The number of carboxylic acid groups (broad SMARTS) is 1. The van der Waals surface area contributed by atoms with Gasteiger partial charge in [0.2, 0.25) is 0 Å². The molecule has 2 aromatic heterocycles. The van der Waals surface area contributed by atoms with Gasteiger partial charge >= 0.3 is 5.97 Å². The third kappa shape index (κ3) is 4.94. The van der Waals surface area contributed by atoms with E-state index >= 15 is 0 Å². The average molecular weight is 522 g/mol. The Morgan fingerprint density at radius 3 is 2.42 bits per heavy atom. The van der Waals surface area contributed by atoms with Crippen molar-refractivity contribution in [2.45, 2.75) is 12.8 Å². The molecule has 0 amide bonds. The molecule has 1 N–H and O–H groups in total. The number of aromatic carboxylic acids is 1. The predicted molar refractivity (Wildman–Crippen MR) is 97.1 cm³/mol. The summed E-state index contributed by atoms with van der Waals surface area (Å²) >= 11 is 0. The van der Waals surface area contributed by atoms with E-state index in [0.717, 1.165) is 24.1 Å². The van der Waals surface area contributed by atoms with E-state index in [-0.39, 0.29) is 25.8 Å². The van der Waals surface area contributed by atoms with Crippen LogP contribution in [0, 0.1) is 6.07 Å². The fourth-order valence-electron chi connectivity index (χ4n) is 2.59. The van der Waals surface area contributed by atoms with Crippen molar-refractivity contribution in [1.29, 1.82) is 0 Å². The molecule has 3 aromatic rings. The molecule has 1 aliphatic carbocycles. The summed E-state index contributed by atoms with van der Waals surface area (Å²) in [5.74, 6) is -0.990. The second-order valence-electron chi connectivity index (χ2n) is 5.44. The smallest absolute Gasteiger partial charge is 0.354 e. The summed E-state index contributed by atoms with van der Waals surface area (Å²) in [6.45, 7) is 0. The van der Waals surface area contributed by atoms with Crippen LogP contribution in [-0.2, 0) is 20.1 Å². The fourth-order valence-corrected chi connectivity index (χ4v) is 2.59. The minimum absolute atomic E-state index is 0. The van der Waals surface area contributed by atoms with Crippen LogP contribution in [0.4, 0.5) is 0 Å². The number of pyridine rings is 2. The molecule has 4 nitrogen and oxygen atoms in total. The molecule has 26 heavy (non-hydrogen) atoms. The van der Waals surface area contributed by atoms with Crippen LogP contribution >= 0.6 is 0 Å². The molecule has 0 unspecified atom stereocenters. The first-order valence-electron chi connectivity index (χ1n) is 8.02. The van der Waals surface area contributed by atoms with E-state index in [2.05, 4.69) is 40.3 Å². The summed E-state index contributed by atoms with van der Waals surface area (Å²) in [5, 5.41) is 10.9. The van der Waals surface area contributed by atoms with Gasteiger partial charge in [-0.15, -0.1) is 35.9 Å². The number of carbonyl (C=O) groups is 1. The maximum atomic E-state index is 10.1. The number of fused-ring (bicyclic) bond motifs is 1. The molecule has 0 saturated carbocycles. The van der Waals surface area contributed by atoms with Gasteiger partial charge in [0.1, 0.15) is 5.69 Å². The average Bonchev–Trinajstić information content (AvgIpc) is 2.69. The van der Waals surface area contributed by atoms with Crippen LogP contribution in [0.15, 0.2) is 60.9 Å². The van der Waals surface area contributed by atoms with Crippen LogP contribution in [0.25, 0.3) is 23.4 Å². The van der Waals surface area contributed by atoms with Crippen LogP contribution in [-0.4, -0.2) is 21.0 Å². The molecular weight excluding hydrogens is 504 g/mol. The molecule has 0 aliphatic heterocycles. The molecule has 5 heteroatoms.